The number of methoxy groups -OCH3 is 1. The molecule has 1 atom stereocenters. The molecule has 0 fully saturated rings. The van der Waals surface area contributed by atoms with Crippen LogP contribution >= 0.6 is 0 Å². The van der Waals surface area contributed by atoms with Crippen molar-refractivity contribution in [1.29, 1.82) is 0 Å². The number of carbonyl (C=O) groups is 4. The van der Waals surface area contributed by atoms with Crippen LogP contribution in [0.3, 0.4) is 0 Å². The van der Waals surface area contributed by atoms with Crippen molar-refractivity contribution in [2.24, 2.45) is 0 Å². The minimum atomic E-state index is -0.950. The van der Waals surface area contributed by atoms with Gasteiger partial charge in [0.05, 0.1) is 12.7 Å². The van der Waals surface area contributed by atoms with Crippen molar-refractivity contribution >= 4 is 40.5 Å². The molecule has 0 radical (unpaired) electrons. The second kappa shape index (κ2) is 15.2. The molecule has 3 N–H and O–H groups in total. The summed E-state index contributed by atoms with van der Waals surface area (Å²) < 4.78 is 15.8. The molecule has 10 nitrogen and oxygen atoms in total. The number of fused-ring (bicyclic) bond motifs is 1. The Kier molecular flexibility index (Phi) is 10.4. The maximum Gasteiger partial charge on any atom is 0.407 e. The lowest BCUT2D eigenvalue weighted by atomic mass is 10.0. The maximum absolute atomic E-state index is 13.5. The van der Waals surface area contributed by atoms with E-state index in [0.29, 0.717) is 23.3 Å². The van der Waals surface area contributed by atoms with Crippen LogP contribution in [0.5, 0.6) is 0 Å². The summed E-state index contributed by atoms with van der Waals surface area (Å²) in [4.78, 5) is 50.9. The molecule has 0 saturated heterocycles. The molecule has 0 spiro atoms. The van der Waals surface area contributed by atoms with Gasteiger partial charge in [-0.05, 0) is 65.9 Å². The molecule has 0 unspecified atom stereocenters. The number of hydrogen-bond donors (Lipinski definition) is 3. The van der Waals surface area contributed by atoms with Crippen molar-refractivity contribution in [2.75, 3.05) is 19.0 Å². The van der Waals surface area contributed by atoms with Crippen molar-refractivity contribution in [3.8, 4) is 11.1 Å². The highest BCUT2D eigenvalue weighted by Crippen LogP contribution is 2.24. The zero-order valence-electron chi connectivity index (χ0n) is 25.2. The number of carbonyl (C=O) groups excluding carboxylic acids is 4. The van der Waals surface area contributed by atoms with E-state index in [4.69, 9.17) is 13.9 Å². The average molecular weight is 620 g/mol. The van der Waals surface area contributed by atoms with Crippen LogP contribution in [0.4, 0.5) is 10.5 Å². The molecule has 0 saturated carbocycles. The van der Waals surface area contributed by atoms with Gasteiger partial charge < -0.3 is 29.8 Å². The van der Waals surface area contributed by atoms with Gasteiger partial charge in [0.25, 0.3) is 5.91 Å². The third kappa shape index (κ3) is 8.38. The molecular weight excluding hydrogens is 586 g/mol. The van der Waals surface area contributed by atoms with Crippen LogP contribution in [0, 0.1) is 0 Å². The third-order valence-corrected chi connectivity index (χ3v) is 7.17. The first-order valence-electron chi connectivity index (χ1n) is 14.7. The van der Waals surface area contributed by atoms with Crippen LogP contribution in [0.1, 0.15) is 39.3 Å². The minimum absolute atomic E-state index is 0.0779. The fourth-order valence-electron chi connectivity index (χ4n) is 4.81. The van der Waals surface area contributed by atoms with Gasteiger partial charge in [0.15, 0.2) is 5.76 Å². The minimum Gasteiger partial charge on any atom is -0.465 e. The number of amides is 3. The van der Waals surface area contributed by atoms with Gasteiger partial charge in [-0.15, -0.1) is 0 Å². The lowest BCUT2D eigenvalue weighted by Crippen LogP contribution is -2.44. The van der Waals surface area contributed by atoms with Crippen molar-refractivity contribution in [3.63, 3.8) is 0 Å². The Morgan fingerprint density at radius 3 is 2.33 bits per heavy atom. The van der Waals surface area contributed by atoms with E-state index in [1.165, 1.54) is 7.11 Å². The SMILES string of the molecule is COC(=O)c1cccc(-c2cccc(NC(=O)[C@H](CCCNC(=O)OCc3ccccc3)NC(=O)c3cc4ccccc4o3)c2)c1. The van der Waals surface area contributed by atoms with Gasteiger partial charge in [-0.1, -0.05) is 72.8 Å². The molecule has 0 bridgehead atoms. The number of rotatable bonds is 12. The molecule has 0 aliphatic carbocycles. The Bertz CT molecular complexity index is 1800. The Morgan fingerprint density at radius 2 is 1.54 bits per heavy atom. The van der Waals surface area contributed by atoms with E-state index < -0.39 is 29.9 Å². The van der Waals surface area contributed by atoms with Crippen LogP contribution in [-0.2, 0) is 20.9 Å². The molecule has 46 heavy (non-hydrogen) atoms. The molecule has 10 heteroatoms. The van der Waals surface area contributed by atoms with E-state index in [-0.39, 0.29) is 25.3 Å². The van der Waals surface area contributed by atoms with Gasteiger partial charge in [0.2, 0.25) is 5.91 Å². The first-order valence-corrected chi connectivity index (χ1v) is 14.7. The van der Waals surface area contributed by atoms with Crippen molar-refractivity contribution in [3.05, 3.63) is 126 Å². The molecule has 5 rings (SSSR count). The van der Waals surface area contributed by atoms with Gasteiger partial charge in [-0.25, -0.2) is 9.59 Å². The van der Waals surface area contributed by atoms with Crippen molar-refractivity contribution < 1.29 is 33.1 Å². The van der Waals surface area contributed by atoms with E-state index in [1.807, 2.05) is 54.6 Å². The van der Waals surface area contributed by atoms with Gasteiger partial charge in [0.1, 0.15) is 18.2 Å². The second-order valence-corrected chi connectivity index (χ2v) is 10.4. The molecular formula is C36H33N3O7. The topological polar surface area (TPSA) is 136 Å². The summed E-state index contributed by atoms with van der Waals surface area (Å²) in [7, 11) is 1.32. The number of benzene rings is 4. The predicted molar refractivity (Wildman–Crippen MR) is 173 cm³/mol. The van der Waals surface area contributed by atoms with E-state index in [0.717, 1.165) is 22.1 Å². The summed E-state index contributed by atoms with van der Waals surface area (Å²) in [5, 5.41) is 9.11. The van der Waals surface area contributed by atoms with Crippen LogP contribution in [0.25, 0.3) is 22.1 Å². The van der Waals surface area contributed by atoms with Gasteiger partial charge in [-0.3, -0.25) is 9.59 Å². The number of esters is 1. The summed E-state index contributed by atoms with van der Waals surface area (Å²) in [5.74, 6) is -1.36. The predicted octanol–water partition coefficient (Wildman–Crippen LogP) is 6.33. The fraction of sp³-hybridized carbons (Fsp3) is 0.167. The Morgan fingerprint density at radius 1 is 0.804 bits per heavy atom. The zero-order valence-corrected chi connectivity index (χ0v) is 25.2. The number of nitrogens with one attached hydrogen (secondary N) is 3. The van der Waals surface area contributed by atoms with E-state index in [1.54, 1.807) is 54.6 Å². The normalized spacial score (nSPS) is 11.3. The summed E-state index contributed by atoms with van der Waals surface area (Å²) in [6.07, 6.45) is 0.0148. The van der Waals surface area contributed by atoms with Crippen molar-refractivity contribution in [2.45, 2.75) is 25.5 Å². The Labute approximate surface area is 265 Å². The molecule has 1 heterocycles. The monoisotopic (exact) mass is 619 g/mol. The zero-order chi connectivity index (χ0) is 32.3. The smallest absolute Gasteiger partial charge is 0.407 e. The van der Waals surface area contributed by atoms with E-state index in [2.05, 4.69) is 16.0 Å². The largest absolute Gasteiger partial charge is 0.465 e. The third-order valence-electron chi connectivity index (χ3n) is 7.17. The molecule has 4 aromatic carbocycles. The van der Waals surface area contributed by atoms with Gasteiger partial charge >= 0.3 is 12.1 Å². The Hall–Kier alpha value is -5.90. The number of para-hydroxylation sites is 1. The van der Waals surface area contributed by atoms with Gasteiger partial charge in [0, 0.05) is 17.6 Å². The highest BCUT2D eigenvalue weighted by molar-refractivity contribution is 6.02. The molecule has 1 aromatic heterocycles. The molecule has 3 amide bonds. The van der Waals surface area contributed by atoms with Crippen LogP contribution in [0.2, 0.25) is 0 Å². The number of hydrogen-bond acceptors (Lipinski definition) is 7. The van der Waals surface area contributed by atoms with Gasteiger partial charge in [-0.2, -0.15) is 0 Å². The van der Waals surface area contributed by atoms with E-state index in [9.17, 15) is 19.2 Å². The first-order chi connectivity index (χ1) is 22.4. The highest BCUT2D eigenvalue weighted by Gasteiger charge is 2.23. The summed E-state index contributed by atoms with van der Waals surface area (Å²) >= 11 is 0. The lowest BCUT2D eigenvalue weighted by molar-refractivity contribution is -0.118. The first kappa shape index (κ1) is 31.5. The lowest BCUT2D eigenvalue weighted by Gasteiger charge is -2.18. The standard InChI is InChI=1S/C36H33N3O7/c1-44-35(42)28-15-7-13-25(20-28)26-14-8-16-29(21-26)38-33(40)30(39-34(41)32-22-27-12-5-6-18-31(27)46-32)17-9-19-37-36(43)45-23-24-10-3-2-4-11-24/h2-8,10-16,18,20-22,30H,9,17,19,23H2,1H3,(H,37,43)(H,38,40)(H,39,41)/t30-/m0/s1. The summed E-state index contributed by atoms with van der Waals surface area (Å²) in [6, 6.07) is 31.3. The number of anilines is 1. The Balaban J connectivity index is 1.25. The van der Waals surface area contributed by atoms with Crippen LogP contribution in [0.15, 0.2) is 114 Å². The maximum atomic E-state index is 13.5. The van der Waals surface area contributed by atoms with E-state index >= 15 is 0 Å². The molecule has 0 aliphatic rings. The molecule has 0 aliphatic heterocycles. The second-order valence-electron chi connectivity index (χ2n) is 10.4. The van der Waals surface area contributed by atoms with Crippen molar-refractivity contribution in [1.82, 2.24) is 10.6 Å². The summed E-state index contributed by atoms with van der Waals surface area (Å²) in [6.45, 7) is 0.362. The fourth-order valence-corrected chi connectivity index (χ4v) is 4.81. The van der Waals surface area contributed by atoms with Crippen LogP contribution < -0.4 is 16.0 Å². The quantitative estimate of drug-likeness (QED) is 0.110. The number of ether oxygens (including phenoxy) is 2. The van der Waals surface area contributed by atoms with Crippen LogP contribution in [-0.4, -0.2) is 43.6 Å². The number of furan rings is 1. The number of alkyl carbamates (subject to hydrolysis) is 1. The summed E-state index contributed by atoms with van der Waals surface area (Å²) in [5.41, 5.74) is 3.85. The average Bonchev–Trinajstić information content (AvgIpc) is 3.53. The molecule has 5 aromatic rings. The molecule has 234 valence electrons. The highest BCUT2D eigenvalue weighted by atomic mass is 16.5.